The maximum Gasteiger partial charge on any atom is 0.345 e. The summed E-state index contributed by atoms with van der Waals surface area (Å²) in [6, 6.07) is 4.19. The van der Waals surface area contributed by atoms with Gasteiger partial charge in [0.2, 0.25) is 0 Å². The number of rotatable bonds is 9. The predicted molar refractivity (Wildman–Crippen MR) is 112 cm³/mol. The molecule has 0 saturated heterocycles. The normalized spacial score (nSPS) is 13.7. The first kappa shape index (κ1) is 28.9. The molecular formula is C20H30N2O10. The van der Waals surface area contributed by atoms with E-state index in [2.05, 4.69) is 6.92 Å². The first-order valence-electron chi connectivity index (χ1n) is 9.71. The molecule has 180 valence electrons. The van der Waals surface area contributed by atoms with Crippen LogP contribution in [-0.2, 0) is 14.3 Å². The van der Waals surface area contributed by atoms with E-state index in [0.29, 0.717) is 5.56 Å². The number of aliphatic hydroxyl groups excluding tert-OH is 2. The fourth-order valence-electron chi connectivity index (χ4n) is 2.30. The summed E-state index contributed by atoms with van der Waals surface area (Å²) in [5.74, 6) is -4.24. The van der Waals surface area contributed by atoms with Crippen molar-refractivity contribution in [3.05, 3.63) is 39.4 Å². The Kier molecular flexibility index (Phi) is 11.5. The zero-order chi connectivity index (χ0) is 25.2. The fourth-order valence-corrected chi connectivity index (χ4v) is 2.30. The lowest BCUT2D eigenvalue weighted by Crippen LogP contribution is -2.39. The van der Waals surface area contributed by atoms with Crippen LogP contribution in [0, 0.1) is 10.1 Å². The number of hydrogen-bond acceptors (Lipinski definition) is 9. The van der Waals surface area contributed by atoms with E-state index in [1.54, 1.807) is 26.8 Å². The number of aliphatic hydroxyl groups is 2. The lowest BCUT2D eigenvalue weighted by Gasteiger charge is -2.19. The zero-order valence-electron chi connectivity index (χ0n) is 18.3. The lowest BCUT2D eigenvalue weighted by molar-refractivity contribution is -0.385. The van der Waals surface area contributed by atoms with Gasteiger partial charge in [-0.15, -0.1) is 0 Å². The Balaban J connectivity index is 0.000000809. The molecule has 32 heavy (non-hydrogen) atoms. The number of carbonyl (C=O) groups excluding carboxylic acids is 1. The van der Waals surface area contributed by atoms with E-state index in [1.807, 2.05) is 0 Å². The first-order valence-corrected chi connectivity index (χ1v) is 9.71. The van der Waals surface area contributed by atoms with E-state index < -0.39 is 40.6 Å². The third-order valence-electron chi connectivity index (χ3n) is 3.94. The van der Waals surface area contributed by atoms with Crippen LogP contribution in [0.5, 0.6) is 0 Å². The number of unbranched alkanes of at least 4 members (excludes halogenated alkanes) is 1. The van der Waals surface area contributed by atoms with Gasteiger partial charge < -0.3 is 30.9 Å². The van der Waals surface area contributed by atoms with E-state index in [9.17, 15) is 24.5 Å². The van der Waals surface area contributed by atoms with Gasteiger partial charge in [-0.05, 0) is 38.8 Å². The highest BCUT2D eigenvalue weighted by molar-refractivity contribution is 5.94. The minimum atomic E-state index is -2.27. The van der Waals surface area contributed by atoms with Crippen molar-refractivity contribution in [1.29, 1.82) is 0 Å². The van der Waals surface area contributed by atoms with Crippen LogP contribution >= 0.6 is 0 Å². The lowest BCUT2D eigenvalue weighted by atomic mass is 9.99. The third-order valence-corrected chi connectivity index (χ3v) is 3.94. The molecule has 3 atom stereocenters. The number of nitrogens with two attached hydrogens (primary N) is 1. The summed E-state index contributed by atoms with van der Waals surface area (Å²) in [6.45, 7) is 7.20. The molecular weight excluding hydrogens is 428 g/mol. The van der Waals surface area contributed by atoms with Crippen LogP contribution in [-0.4, -0.2) is 61.1 Å². The standard InChI is InChI=1S/C16H24N2O4.C4H6O6/c1-5-6-7-13(17)11-8-9-12(14(10-11)18(20)21)15(19)22-16(2,3)4;5-1(3(7)8)2(6)4(9)10/h8-10,13H,5-7,17H2,1-4H3;1-2,5-6H,(H,7,8)(H,9,10)/t13-;/m1./s1. The molecule has 0 aliphatic carbocycles. The monoisotopic (exact) mass is 458 g/mol. The number of carboxylic acid groups (broad SMARTS) is 2. The Labute approximate surface area is 184 Å². The molecule has 0 fully saturated rings. The second kappa shape index (κ2) is 12.7. The van der Waals surface area contributed by atoms with E-state index in [-0.39, 0.29) is 17.3 Å². The minimum Gasteiger partial charge on any atom is -0.479 e. The third kappa shape index (κ3) is 9.81. The van der Waals surface area contributed by atoms with E-state index >= 15 is 0 Å². The molecule has 0 amide bonds. The van der Waals surface area contributed by atoms with Crippen LogP contribution in [0.25, 0.3) is 0 Å². The van der Waals surface area contributed by atoms with Crippen LogP contribution in [0.3, 0.4) is 0 Å². The summed E-state index contributed by atoms with van der Waals surface area (Å²) < 4.78 is 5.21. The van der Waals surface area contributed by atoms with Gasteiger partial charge in [0.15, 0.2) is 12.2 Å². The van der Waals surface area contributed by atoms with Crippen molar-refractivity contribution in [3.63, 3.8) is 0 Å². The number of ether oxygens (including phenoxy) is 1. The Morgan fingerprint density at radius 3 is 2.00 bits per heavy atom. The van der Waals surface area contributed by atoms with E-state index in [0.717, 1.165) is 19.3 Å². The van der Waals surface area contributed by atoms with Gasteiger partial charge in [-0.25, -0.2) is 14.4 Å². The average Bonchev–Trinajstić information content (AvgIpc) is 2.69. The van der Waals surface area contributed by atoms with Crippen LogP contribution in [0.15, 0.2) is 18.2 Å². The van der Waals surface area contributed by atoms with Crippen LogP contribution in [0.2, 0.25) is 0 Å². The van der Waals surface area contributed by atoms with Crippen molar-refractivity contribution in [2.75, 3.05) is 0 Å². The minimum absolute atomic E-state index is 0.0497. The number of carbonyl (C=O) groups is 3. The van der Waals surface area contributed by atoms with Gasteiger partial charge >= 0.3 is 17.9 Å². The van der Waals surface area contributed by atoms with Gasteiger partial charge in [-0.2, -0.15) is 0 Å². The zero-order valence-corrected chi connectivity index (χ0v) is 18.3. The van der Waals surface area contributed by atoms with E-state index in [4.69, 9.17) is 30.9 Å². The number of carboxylic acids is 2. The largest absolute Gasteiger partial charge is 0.479 e. The topological polar surface area (TPSA) is 211 Å². The van der Waals surface area contributed by atoms with Gasteiger partial charge in [-0.1, -0.05) is 25.8 Å². The molecule has 1 aromatic rings. The van der Waals surface area contributed by atoms with Gasteiger partial charge in [0.1, 0.15) is 11.2 Å². The molecule has 0 heterocycles. The number of esters is 1. The molecule has 0 aliphatic rings. The van der Waals surface area contributed by atoms with Crippen molar-refractivity contribution in [2.45, 2.75) is 70.8 Å². The van der Waals surface area contributed by atoms with Gasteiger partial charge in [0.25, 0.3) is 5.69 Å². The summed E-state index contributed by atoms with van der Waals surface area (Å²) in [4.78, 5) is 42.3. The quantitative estimate of drug-likeness (QED) is 0.204. The summed E-state index contributed by atoms with van der Waals surface area (Å²) in [5.41, 5.74) is 5.68. The number of nitro groups is 1. The molecule has 0 aliphatic heterocycles. The summed E-state index contributed by atoms with van der Waals surface area (Å²) in [5, 5.41) is 43.8. The van der Waals surface area contributed by atoms with Gasteiger partial charge in [0.05, 0.1) is 4.92 Å². The summed E-state index contributed by atoms with van der Waals surface area (Å²) >= 11 is 0. The molecule has 6 N–H and O–H groups in total. The number of aliphatic carboxylic acids is 2. The Morgan fingerprint density at radius 2 is 1.62 bits per heavy atom. The summed E-state index contributed by atoms with van der Waals surface area (Å²) in [7, 11) is 0. The predicted octanol–water partition coefficient (Wildman–Crippen LogP) is 1.62. The number of nitrogens with zero attached hydrogens (tertiary/aromatic N) is 1. The Morgan fingerprint density at radius 1 is 1.12 bits per heavy atom. The molecule has 12 heteroatoms. The molecule has 1 rings (SSSR count). The maximum absolute atomic E-state index is 12.1. The average molecular weight is 458 g/mol. The van der Waals surface area contributed by atoms with Crippen molar-refractivity contribution >= 4 is 23.6 Å². The fraction of sp³-hybridized carbons (Fsp3) is 0.550. The number of benzene rings is 1. The molecule has 2 unspecified atom stereocenters. The van der Waals surface area contributed by atoms with Crippen LogP contribution < -0.4 is 5.73 Å². The number of nitro benzene ring substituents is 1. The second-order valence-electron chi connectivity index (χ2n) is 7.85. The van der Waals surface area contributed by atoms with E-state index in [1.165, 1.54) is 12.1 Å². The molecule has 0 radical (unpaired) electrons. The smallest absolute Gasteiger partial charge is 0.345 e. The highest BCUT2D eigenvalue weighted by Gasteiger charge is 2.29. The highest BCUT2D eigenvalue weighted by atomic mass is 16.6. The summed E-state index contributed by atoms with van der Waals surface area (Å²) in [6.07, 6.45) is -1.83. The molecule has 0 saturated carbocycles. The second-order valence-corrected chi connectivity index (χ2v) is 7.85. The van der Waals surface area contributed by atoms with Gasteiger partial charge in [0, 0.05) is 12.1 Å². The molecule has 0 bridgehead atoms. The highest BCUT2D eigenvalue weighted by Crippen LogP contribution is 2.27. The van der Waals surface area contributed by atoms with Gasteiger partial charge in [-0.3, -0.25) is 10.1 Å². The molecule has 0 spiro atoms. The SMILES string of the molecule is CCCC[C@@H](N)c1ccc(C(=O)OC(C)(C)C)c([N+](=O)[O-])c1.O=C(O)C(O)C(O)C(=O)O. The molecule has 1 aromatic carbocycles. The number of hydrogen-bond donors (Lipinski definition) is 5. The van der Waals surface area contributed by atoms with Crippen molar-refractivity contribution in [2.24, 2.45) is 5.73 Å². The Hall–Kier alpha value is -3.09. The van der Waals surface area contributed by atoms with Crippen LogP contribution in [0.1, 0.15) is 68.9 Å². The maximum atomic E-state index is 12.1. The molecule has 12 nitrogen and oxygen atoms in total. The molecule has 0 aromatic heterocycles. The van der Waals surface area contributed by atoms with Crippen molar-refractivity contribution in [1.82, 2.24) is 0 Å². The van der Waals surface area contributed by atoms with Crippen LogP contribution in [0.4, 0.5) is 5.69 Å². The first-order chi connectivity index (χ1) is 14.6. The van der Waals surface area contributed by atoms with Crippen molar-refractivity contribution in [3.8, 4) is 0 Å². The van der Waals surface area contributed by atoms with Crippen molar-refractivity contribution < 1.29 is 44.5 Å². The Bertz CT molecular complexity index is 801.